The first kappa shape index (κ1) is 11.9. The second kappa shape index (κ2) is 4.71. The number of nitrogens with zero attached hydrogens (tertiary/aromatic N) is 1. The van der Waals surface area contributed by atoms with Crippen molar-refractivity contribution in [2.45, 2.75) is 25.3 Å². The molecule has 1 heterocycles. The third kappa shape index (κ3) is 2.74. The lowest BCUT2D eigenvalue weighted by molar-refractivity contribution is 0.0526. The number of carbonyl (C=O) groups excluding carboxylic acids is 1. The molecule has 0 radical (unpaired) electrons. The Morgan fingerprint density at radius 3 is 2.82 bits per heavy atom. The highest BCUT2D eigenvalue weighted by atomic mass is 16.5. The normalized spacial score (nSPS) is 16.4. The van der Waals surface area contributed by atoms with Gasteiger partial charge in [0.05, 0.1) is 24.3 Å². The number of aliphatic hydroxyl groups excluding tert-OH is 1. The molecule has 0 saturated heterocycles. The molecule has 1 aliphatic carbocycles. The van der Waals surface area contributed by atoms with Crippen LogP contribution < -0.4 is 5.32 Å². The highest BCUT2D eigenvalue weighted by molar-refractivity contribution is 5.89. The van der Waals surface area contributed by atoms with Gasteiger partial charge in [0.15, 0.2) is 0 Å². The molecule has 1 aliphatic rings. The third-order valence-electron chi connectivity index (χ3n) is 2.82. The number of anilines is 1. The van der Waals surface area contributed by atoms with Crippen molar-refractivity contribution in [3.63, 3.8) is 0 Å². The SMILES string of the molecule is CCOC(=O)c1ccc(NC2(CO)CC2)nc1. The molecule has 92 valence electrons. The Balaban J connectivity index is 2.00. The lowest BCUT2D eigenvalue weighted by Gasteiger charge is -2.14. The predicted molar refractivity (Wildman–Crippen MR) is 62.9 cm³/mol. The molecule has 0 unspecified atom stereocenters. The second-order valence-corrected chi connectivity index (χ2v) is 4.22. The number of aliphatic hydroxyl groups is 1. The van der Waals surface area contributed by atoms with Gasteiger partial charge in [-0.2, -0.15) is 0 Å². The maximum Gasteiger partial charge on any atom is 0.339 e. The molecule has 0 aromatic carbocycles. The summed E-state index contributed by atoms with van der Waals surface area (Å²) in [6.45, 7) is 2.22. The number of pyridine rings is 1. The largest absolute Gasteiger partial charge is 0.462 e. The van der Waals surface area contributed by atoms with Crippen LogP contribution in [-0.4, -0.2) is 34.8 Å². The van der Waals surface area contributed by atoms with Crippen LogP contribution in [0.5, 0.6) is 0 Å². The van der Waals surface area contributed by atoms with Gasteiger partial charge in [-0.3, -0.25) is 0 Å². The number of carbonyl (C=O) groups is 1. The molecule has 0 amide bonds. The van der Waals surface area contributed by atoms with Crippen LogP contribution in [0, 0.1) is 0 Å². The van der Waals surface area contributed by atoms with E-state index in [0.717, 1.165) is 12.8 Å². The van der Waals surface area contributed by atoms with Gasteiger partial charge in [-0.1, -0.05) is 0 Å². The fourth-order valence-corrected chi connectivity index (χ4v) is 1.55. The summed E-state index contributed by atoms with van der Waals surface area (Å²) in [5.74, 6) is 0.305. The van der Waals surface area contributed by atoms with Gasteiger partial charge in [0.25, 0.3) is 0 Å². The van der Waals surface area contributed by atoms with E-state index in [-0.39, 0.29) is 18.1 Å². The van der Waals surface area contributed by atoms with Crippen LogP contribution in [0.3, 0.4) is 0 Å². The minimum Gasteiger partial charge on any atom is -0.462 e. The number of ether oxygens (including phenoxy) is 1. The van der Waals surface area contributed by atoms with E-state index in [1.807, 2.05) is 0 Å². The van der Waals surface area contributed by atoms with Crippen molar-refractivity contribution in [2.75, 3.05) is 18.5 Å². The molecule has 0 aliphatic heterocycles. The average molecular weight is 236 g/mol. The first-order valence-electron chi connectivity index (χ1n) is 5.71. The molecular weight excluding hydrogens is 220 g/mol. The Labute approximate surface area is 99.8 Å². The van der Waals surface area contributed by atoms with Gasteiger partial charge in [0.1, 0.15) is 5.82 Å². The van der Waals surface area contributed by atoms with Crippen molar-refractivity contribution in [1.29, 1.82) is 0 Å². The first-order valence-corrected chi connectivity index (χ1v) is 5.71. The molecular formula is C12H16N2O3. The molecule has 1 aromatic heterocycles. The number of rotatable bonds is 5. The second-order valence-electron chi connectivity index (χ2n) is 4.22. The van der Waals surface area contributed by atoms with Crippen LogP contribution in [0.1, 0.15) is 30.1 Å². The maximum atomic E-state index is 11.4. The van der Waals surface area contributed by atoms with Gasteiger partial charge in [-0.15, -0.1) is 0 Å². The van der Waals surface area contributed by atoms with Crippen LogP contribution in [-0.2, 0) is 4.74 Å². The molecule has 17 heavy (non-hydrogen) atoms. The van der Waals surface area contributed by atoms with Crippen molar-refractivity contribution in [3.8, 4) is 0 Å². The van der Waals surface area contributed by atoms with Crippen LogP contribution in [0.25, 0.3) is 0 Å². The van der Waals surface area contributed by atoms with E-state index in [9.17, 15) is 4.79 Å². The Morgan fingerprint density at radius 1 is 1.59 bits per heavy atom. The highest BCUT2D eigenvalue weighted by Crippen LogP contribution is 2.37. The standard InChI is InChI=1S/C12H16N2O3/c1-2-17-11(16)9-3-4-10(13-7-9)14-12(8-15)5-6-12/h3-4,7,15H,2,5-6,8H2,1H3,(H,13,14). The minimum absolute atomic E-state index is 0.105. The monoisotopic (exact) mass is 236 g/mol. The molecule has 1 saturated carbocycles. The minimum atomic E-state index is -0.366. The lowest BCUT2D eigenvalue weighted by Crippen LogP contribution is -2.26. The number of nitrogens with one attached hydrogen (secondary N) is 1. The van der Waals surface area contributed by atoms with Crippen LogP contribution in [0.15, 0.2) is 18.3 Å². The van der Waals surface area contributed by atoms with E-state index in [1.165, 1.54) is 6.20 Å². The number of hydrogen-bond donors (Lipinski definition) is 2. The van der Waals surface area contributed by atoms with E-state index >= 15 is 0 Å². The molecule has 0 atom stereocenters. The zero-order chi connectivity index (χ0) is 12.3. The first-order chi connectivity index (χ1) is 8.19. The van der Waals surface area contributed by atoms with Gasteiger partial charge < -0.3 is 15.2 Å². The number of esters is 1. The van der Waals surface area contributed by atoms with Crippen LogP contribution in [0.4, 0.5) is 5.82 Å². The maximum absolute atomic E-state index is 11.4. The summed E-state index contributed by atoms with van der Waals surface area (Å²) in [5.41, 5.74) is 0.240. The predicted octanol–water partition coefficient (Wildman–Crippen LogP) is 1.20. The van der Waals surface area contributed by atoms with Crippen LogP contribution in [0.2, 0.25) is 0 Å². The third-order valence-corrected chi connectivity index (χ3v) is 2.82. The Morgan fingerprint density at radius 2 is 2.35 bits per heavy atom. The zero-order valence-electron chi connectivity index (χ0n) is 9.77. The van der Waals surface area contributed by atoms with Crippen molar-refractivity contribution in [1.82, 2.24) is 4.98 Å². The van der Waals surface area contributed by atoms with Crippen LogP contribution >= 0.6 is 0 Å². The summed E-state index contributed by atoms with van der Waals surface area (Å²) in [6.07, 6.45) is 3.38. The van der Waals surface area contributed by atoms with Gasteiger partial charge >= 0.3 is 5.97 Å². The van der Waals surface area contributed by atoms with Crippen molar-refractivity contribution in [2.24, 2.45) is 0 Å². The van der Waals surface area contributed by atoms with Gasteiger partial charge in [-0.25, -0.2) is 9.78 Å². The van der Waals surface area contributed by atoms with Gasteiger partial charge in [0.2, 0.25) is 0 Å². The molecule has 0 spiro atoms. The summed E-state index contributed by atoms with van der Waals surface area (Å²) in [6, 6.07) is 3.39. The fourth-order valence-electron chi connectivity index (χ4n) is 1.55. The summed E-state index contributed by atoms with van der Waals surface area (Å²) >= 11 is 0. The lowest BCUT2D eigenvalue weighted by atomic mass is 10.2. The van der Waals surface area contributed by atoms with Crippen molar-refractivity contribution < 1.29 is 14.6 Å². The van der Waals surface area contributed by atoms with E-state index in [4.69, 9.17) is 9.84 Å². The fraction of sp³-hybridized carbons (Fsp3) is 0.500. The molecule has 5 heteroatoms. The number of hydrogen-bond acceptors (Lipinski definition) is 5. The number of aromatic nitrogens is 1. The smallest absolute Gasteiger partial charge is 0.339 e. The Bertz CT molecular complexity index is 399. The average Bonchev–Trinajstić information content (AvgIpc) is 3.11. The molecule has 5 nitrogen and oxygen atoms in total. The van der Waals surface area contributed by atoms with Gasteiger partial charge in [0, 0.05) is 6.20 Å². The zero-order valence-corrected chi connectivity index (χ0v) is 9.77. The molecule has 2 N–H and O–H groups in total. The highest BCUT2D eigenvalue weighted by Gasteiger charge is 2.42. The van der Waals surface area contributed by atoms with E-state index < -0.39 is 0 Å². The van der Waals surface area contributed by atoms with E-state index in [1.54, 1.807) is 19.1 Å². The van der Waals surface area contributed by atoms with Gasteiger partial charge in [-0.05, 0) is 31.9 Å². The van der Waals surface area contributed by atoms with Crippen molar-refractivity contribution >= 4 is 11.8 Å². The van der Waals surface area contributed by atoms with E-state index in [0.29, 0.717) is 18.0 Å². The summed E-state index contributed by atoms with van der Waals surface area (Å²) in [5, 5.41) is 12.3. The van der Waals surface area contributed by atoms with E-state index in [2.05, 4.69) is 10.3 Å². The Kier molecular flexibility index (Phi) is 3.28. The Hall–Kier alpha value is -1.62. The summed E-state index contributed by atoms with van der Waals surface area (Å²) in [7, 11) is 0. The quantitative estimate of drug-likeness (QED) is 0.751. The molecule has 0 bridgehead atoms. The molecule has 1 aromatic rings. The summed E-state index contributed by atoms with van der Waals surface area (Å²) in [4.78, 5) is 15.5. The topological polar surface area (TPSA) is 71.5 Å². The molecule has 1 fully saturated rings. The summed E-state index contributed by atoms with van der Waals surface area (Å²) < 4.78 is 4.86. The molecule has 2 rings (SSSR count). The van der Waals surface area contributed by atoms with Crippen molar-refractivity contribution in [3.05, 3.63) is 23.9 Å².